The summed E-state index contributed by atoms with van der Waals surface area (Å²) in [6.07, 6.45) is 2.38. The monoisotopic (exact) mass is 185 g/mol. The van der Waals surface area contributed by atoms with E-state index >= 15 is 0 Å². The Balaban J connectivity index is 3.68. The van der Waals surface area contributed by atoms with E-state index in [0.717, 1.165) is 12.8 Å². The maximum atomic E-state index is 8.78. The molecule has 0 rings (SSSR count). The number of aliphatic hydroxyl groups is 1. The van der Waals surface area contributed by atoms with Crippen molar-refractivity contribution >= 4 is 0 Å². The van der Waals surface area contributed by atoms with Crippen LogP contribution in [0.1, 0.15) is 33.1 Å². The van der Waals surface area contributed by atoms with Crippen LogP contribution in [0.25, 0.3) is 0 Å². The molecule has 0 aromatic rings. The van der Waals surface area contributed by atoms with Crippen LogP contribution in [0.4, 0.5) is 0 Å². The van der Waals surface area contributed by atoms with Crippen LogP contribution in [0.2, 0.25) is 0 Å². The van der Waals surface area contributed by atoms with Gasteiger partial charge in [-0.3, -0.25) is 0 Å². The molecule has 3 heteroatoms. The topological polar surface area (TPSA) is 53.2 Å². The summed E-state index contributed by atoms with van der Waals surface area (Å²) in [5.74, 6) is 0.286. The summed E-state index contributed by atoms with van der Waals surface area (Å²) >= 11 is 0. The maximum absolute atomic E-state index is 8.78. The molecule has 0 aromatic heterocycles. The molecular weight excluding hydrogens is 166 g/mol. The Morgan fingerprint density at radius 1 is 1.54 bits per heavy atom. The summed E-state index contributed by atoms with van der Waals surface area (Å²) in [6, 6.07) is 2.14. The van der Waals surface area contributed by atoms with Gasteiger partial charge in [0.1, 0.15) is 6.10 Å². The van der Waals surface area contributed by atoms with E-state index in [1.807, 2.05) is 6.92 Å². The van der Waals surface area contributed by atoms with Gasteiger partial charge in [0.15, 0.2) is 0 Å². The van der Waals surface area contributed by atoms with Crippen LogP contribution < -0.4 is 0 Å². The lowest BCUT2D eigenvalue weighted by Gasteiger charge is -2.16. The third-order valence-corrected chi connectivity index (χ3v) is 1.99. The quantitative estimate of drug-likeness (QED) is 0.614. The first kappa shape index (κ1) is 12.4. The predicted octanol–water partition coefficient (Wildman–Crippen LogP) is 1.71. The van der Waals surface area contributed by atoms with Gasteiger partial charge >= 0.3 is 0 Å². The van der Waals surface area contributed by atoms with Crippen LogP contribution in [-0.2, 0) is 4.74 Å². The van der Waals surface area contributed by atoms with Crippen LogP contribution in [0.5, 0.6) is 0 Å². The van der Waals surface area contributed by atoms with Crippen LogP contribution in [0, 0.1) is 17.2 Å². The van der Waals surface area contributed by atoms with Gasteiger partial charge in [-0.15, -0.1) is 0 Å². The van der Waals surface area contributed by atoms with Gasteiger partial charge in [0.05, 0.1) is 12.7 Å². The number of rotatable bonds is 7. The summed E-state index contributed by atoms with van der Waals surface area (Å²) in [5, 5.41) is 17.3. The van der Waals surface area contributed by atoms with Crippen molar-refractivity contribution in [3.63, 3.8) is 0 Å². The average molecular weight is 185 g/mol. The van der Waals surface area contributed by atoms with E-state index in [9.17, 15) is 0 Å². The minimum absolute atomic E-state index is 0.125. The third-order valence-electron chi connectivity index (χ3n) is 1.99. The summed E-state index contributed by atoms with van der Waals surface area (Å²) in [5.41, 5.74) is 0. The fourth-order valence-corrected chi connectivity index (χ4v) is 1.21. The van der Waals surface area contributed by atoms with E-state index in [0.29, 0.717) is 13.0 Å². The fraction of sp³-hybridized carbons (Fsp3) is 0.900. The van der Waals surface area contributed by atoms with Crippen molar-refractivity contribution in [2.75, 3.05) is 13.2 Å². The van der Waals surface area contributed by atoms with Crippen LogP contribution in [-0.4, -0.2) is 24.4 Å². The SMILES string of the molecule is CCCC(C)C(C#N)OCCCO. The van der Waals surface area contributed by atoms with Crippen molar-refractivity contribution in [2.24, 2.45) is 5.92 Å². The van der Waals surface area contributed by atoms with Gasteiger partial charge < -0.3 is 9.84 Å². The average Bonchev–Trinajstić information content (AvgIpc) is 2.13. The van der Waals surface area contributed by atoms with Crippen LogP contribution in [0.15, 0.2) is 0 Å². The van der Waals surface area contributed by atoms with Gasteiger partial charge in [-0.2, -0.15) is 5.26 Å². The Labute approximate surface area is 80.3 Å². The molecule has 0 radical (unpaired) electrons. The molecule has 13 heavy (non-hydrogen) atoms. The molecule has 0 heterocycles. The van der Waals surface area contributed by atoms with Gasteiger partial charge in [0.2, 0.25) is 0 Å². The molecule has 0 bridgehead atoms. The Kier molecular flexibility index (Phi) is 7.66. The molecule has 1 N–H and O–H groups in total. The highest BCUT2D eigenvalue weighted by Gasteiger charge is 2.15. The first-order valence-electron chi connectivity index (χ1n) is 4.88. The zero-order valence-electron chi connectivity index (χ0n) is 8.49. The number of nitriles is 1. The van der Waals surface area contributed by atoms with Gasteiger partial charge in [-0.1, -0.05) is 20.3 Å². The van der Waals surface area contributed by atoms with E-state index < -0.39 is 0 Å². The standard InChI is InChI=1S/C10H19NO2/c1-3-5-9(2)10(8-11)13-7-4-6-12/h9-10,12H,3-7H2,1-2H3. The minimum atomic E-state index is -0.313. The van der Waals surface area contributed by atoms with E-state index in [4.69, 9.17) is 15.1 Å². The molecule has 0 aliphatic carbocycles. The van der Waals surface area contributed by atoms with Gasteiger partial charge in [0, 0.05) is 6.61 Å². The fourth-order valence-electron chi connectivity index (χ4n) is 1.21. The summed E-state index contributed by atoms with van der Waals surface area (Å²) in [6.45, 7) is 4.72. The third kappa shape index (κ3) is 5.62. The van der Waals surface area contributed by atoms with Gasteiger partial charge in [-0.05, 0) is 18.8 Å². The van der Waals surface area contributed by atoms with Crippen LogP contribution in [0.3, 0.4) is 0 Å². The van der Waals surface area contributed by atoms with Crippen molar-refractivity contribution in [1.29, 1.82) is 5.26 Å². The molecule has 0 amide bonds. The molecule has 76 valence electrons. The van der Waals surface area contributed by atoms with Gasteiger partial charge in [-0.25, -0.2) is 0 Å². The molecule has 2 unspecified atom stereocenters. The highest BCUT2D eigenvalue weighted by Crippen LogP contribution is 2.13. The van der Waals surface area contributed by atoms with Crippen molar-refractivity contribution < 1.29 is 9.84 Å². The van der Waals surface area contributed by atoms with Crippen molar-refractivity contribution in [1.82, 2.24) is 0 Å². The number of aliphatic hydroxyl groups excluding tert-OH is 1. The first-order valence-corrected chi connectivity index (χ1v) is 4.88. The Morgan fingerprint density at radius 3 is 2.69 bits per heavy atom. The predicted molar refractivity (Wildman–Crippen MR) is 51.1 cm³/mol. The Bertz CT molecular complexity index is 153. The molecule has 0 fully saturated rings. The molecule has 0 aromatic carbocycles. The van der Waals surface area contributed by atoms with Crippen LogP contribution >= 0.6 is 0 Å². The molecule has 0 aliphatic heterocycles. The second-order valence-electron chi connectivity index (χ2n) is 3.26. The molecule has 3 nitrogen and oxygen atoms in total. The zero-order valence-corrected chi connectivity index (χ0v) is 8.49. The van der Waals surface area contributed by atoms with Crippen molar-refractivity contribution in [3.8, 4) is 6.07 Å². The first-order chi connectivity index (χ1) is 6.26. The normalized spacial score (nSPS) is 14.9. The molecular formula is C10H19NO2. The zero-order chi connectivity index (χ0) is 10.1. The second kappa shape index (κ2) is 8.03. The number of hydrogen-bond donors (Lipinski definition) is 1. The van der Waals surface area contributed by atoms with Crippen molar-refractivity contribution in [3.05, 3.63) is 0 Å². The molecule has 2 atom stereocenters. The Morgan fingerprint density at radius 2 is 2.23 bits per heavy atom. The second-order valence-corrected chi connectivity index (χ2v) is 3.26. The summed E-state index contributed by atoms with van der Waals surface area (Å²) in [4.78, 5) is 0. The molecule has 0 saturated heterocycles. The molecule has 0 saturated carbocycles. The smallest absolute Gasteiger partial charge is 0.146 e. The molecule has 0 spiro atoms. The summed E-state index contributed by atoms with van der Waals surface area (Å²) < 4.78 is 5.32. The lowest BCUT2D eigenvalue weighted by Crippen LogP contribution is -2.20. The highest BCUT2D eigenvalue weighted by atomic mass is 16.5. The van der Waals surface area contributed by atoms with E-state index in [-0.39, 0.29) is 18.6 Å². The van der Waals surface area contributed by atoms with E-state index in [1.165, 1.54) is 0 Å². The minimum Gasteiger partial charge on any atom is -0.396 e. The van der Waals surface area contributed by atoms with Gasteiger partial charge in [0.25, 0.3) is 0 Å². The lowest BCUT2D eigenvalue weighted by atomic mass is 10.0. The van der Waals surface area contributed by atoms with Crippen molar-refractivity contribution in [2.45, 2.75) is 39.2 Å². The number of ether oxygens (including phenoxy) is 1. The lowest BCUT2D eigenvalue weighted by molar-refractivity contribution is 0.0435. The number of nitrogens with zero attached hydrogens (tertiary/aromatic N) is 1. The van der Waals surface area contributed by atoms with E-state index in [2.05, 4.69) is 13.0 Å². The highest BCUT2D eigenvalue weighted by molar-refractivity contribution is 4.87. The molecule has 0 aliphatic rings. The Hall–Kier alpha value is -0.590. The summed E-state index contributed by atoms with van der Waals surface area (Å²) in [7, 11) is 0. The number of hydrogen-bond acceptors (Lipinski definition) is 3. The van der Waals surface area contributed by atoms with E-state index in [1.54, 1.807) is 0 Å². The maximum Gasteiger partial charge on any atom is 0.146 e. The largest absolute Gasteiger partial charge is 0.396 e.